The van der Waals surface area contributed by atoms with Crippen LogP contribution in [-0.2, 0) is 25.2 Å². The third kappa shape index (κ3) is 8.21. The maximum Gasteiger partial charge on any atom is 0.416 e. The molecule has 3 fully saturated rings. The second-order valence-corrected chi connectivity index (χ2v) is 14.0. The number of hydrogen-bond donors (Lipinski definition) is 1. The molecule has 50 heavy (non-hydrogen) atoms. The molecule has 1 aliphatic carbocycles. The molecule has 0 bridgehead atoms. The summed E-state index contributed by atoms with van der Waals surface area (Å²) in [6.07, 6.45) is -0.521. The summed E-state index contributed by atoms with van der Waals surface area (Å²) < 4.78 is 75.8. The molecule has 2 aromatic rings. The van der Waals surface area contributed by atoms with Crippen molar-refractivity contribution in [1.82, 2.24) is 9.80 Å². The average molecular weight is 708 g/mol. The molecule has 5 rings (SSSR count). The molecule has 3 aliphatic rings. The van der Waals surface area contributed by atoms with Gasteiger partial charge in [0.25, 0.3) is 5.91 Å². The van der Waals surface area contributed by atoms with Gasteiger partial charge in [-0.1, -0.05) is 18.2 Å². The number of carbonyl (C=O) groups is 2. The number of amides is 1. The topological polar surface area (TPSA) is 91.8 Å². The number of alkyl halides is 4. The van der Waals surface area contributed by atoms with E-state index in [9.17, 15) is 22.8 Å². The number of benzene rings is 2. The first-order chi connectivity index (χ1) is 23.8. The number of methoxy groups -OCH3 is 3. The van der Waals surface area contributed by atoms with Gasteiger partial charge in [0.05, 0.1) is 31.4 Å². The molecule has 0 unspecified atom stereocenters. The van der Waals surface area contributed by atoms with E-state index in [0.29, 0.717) is 35.5 Å². The maximum absolute atomic E-state index is 17.9. The largest absolute Gasteiger partial charge is 0.497 e. The second-order valence-electron chi connectivity index (χ2n) is 14.0. The molecule has 2 aromatic carbocycles. The lowest BCUT2D eigenvalue weighted by atomic mass is 9.85. The number of hydrogen-bond acceptors (Lipinski definition) is 7. The van der Waals surface area contributed by atoms with E-state index < -0.39 is 47.2 Å². The van der Waals surface area contributed by atoms with Gasteiger partial charge in [0.15, 0.2) is 0 Å². The number of carboxylic acid groups (broad SMARTS) is 1. The van der Waals surface area contributed by atoms with Crippen LogP contribution in [0.5, 0.6) is 5.75 Å². The lowest BCUT2D eigenvalue weighted by molar-refractivity contribution is -0.146. The fourth-order valence-electron chi connectivity index (χ4n) is 8.16. The number of nitrogens with zero attached hydrogens (tertiary/aromatic N) is 3. The van der Waals surface area contributed by atoms with Crippen LogP contribution >= 0.6 is 0 Å². The Morgan fingerprint density at radius 2 is 1.72 bits per heavy atom. The molecule has 0 radical (unpaired) electrons. The SMILES string of the molecule is COC[C@@H]1C[C@@H](c2ccc(C(F)(F)F)cc2N(C)CCCC(=O)O)CN1C(=O)[C@]1(F)CN(C2CCC(OC)CC2)C[C@H]1c1ccc(OC)cc1. The van der Waals surface area contributed by atoms with Crippen molar-refractivity contribution in [2.75, 3.05) is 66.1 Å². The molecule has 276 valence electrons. The second kappa shape index (κ2) is 15.9. The minimum Gasteiger partial charge on any atom is -0.497 e. The maximum atomic E-state index is 17.9. The molecular weight excluding hydrogens is 658 g/mol. The lowest BCUT2D eigenvalue weighted by Gasteiger charge is -2.35. The number of carbonyl (C=O) groups excluding carboxylic acids is 1. The summed E-state index contributed by atoms with van der Waals surface area (Å²) in [6, 6.07) is 10.3. The minimum atomic E-state index is -4.58. The molecule has 1 N–H and O–H groups in total. The van der Waals surface area contributed by atoms with Crippen LogP contribution in [-0.4, -0.2) is 112 Å². The zero-order valence-electron chi connectivity index (χ0n) is 29.3. The molecule has 2 aliphatic heterocycles. The van der Waals surface area contributed by atoms with Crippen molar-refractivity contribution < 1.29 is 46.5 Å². The Morgan fingerprint density at radius 3 is 2.32 bits per heavy atom. The Morgan fingerprint density at radius 1 is 1.02 bits per heavy atom. The number of rotatable bonds is 13. The highest BCUT2D eigenvalue weighted by Crippen LogP contribution is 2.46. The monoisotopic (exact) mass is 707 g/mol. The molecule has 4 atom stereocenters. The van der Waals surface area contributed by atoms with Gasteiger partial charge < -0.3 is 29.1 Å². The fourth-order valence-corrected chi connectivity index (χ4v) is 8.16. The zero-order chi connectivity index (χ0) is 36.2. The smallest absolute Gasteiger partial charge is 0.416 e. The van der Waals surface area contributed by atoms with Crippen molar-refractivity contribution in [2.45, 2.75) is 86.8 Å². The summed E-state index contributed by atoms with van der Waals surface area (Å²) in [5.74, 6) is -2.15. The number of likely N-dealkylation sites (tertiary alicyclic amines) is 2. The van der Waals surface area contributed by atoms with Gasteiger partial charge in [-0.25, -0.2) is 4.39 Å². The van der Waals surface area contributed by atoms with Gasteiger partial charge in [-0.2, -0.15) is 13.2 Å². The van der Waals surface area contributed by atoms with Gasteiger partial charge >= 0.3 is 12.1 Å². The van der Waals surface area contributed by atoms with Gasteiger partial charge in [0.1, 0.15) is 5.75 Å². The van der Waals surface area contributed by atoms with Gasteiger partial charge in [0.2, 0.25) is 5.67 Å². The van der Waals surface area contributed by atoms with Crippen LogP contribution in [0.4, 0.5) is 23.2 Å². The van der Waals surface area contributed by atoms with E-state index in [0.717, 1.165) is 37.8 Å². The predicted octanol–water partition coefficient (Wildman–Crippen LogP) is 6.11. The van der Waals surface area contributed by atoms with E-state index in [1.807, 2.05) is 12.1 Å². The number of ether oxygens (including phenoxy) is 3. The summed E-state index contributed by atoms with van der Waals surface area (Å²) in [6.45, 7) is 0.766. The molecule has 9 nitrogen and oxygen atoms in total. The Bertz CT molecular complexity index is 1470. The van der Waals surface area contributed by atoms with Crippen LogP contribution < -0.4 is 9.64 Å². The number of anilines is 1. The van der Waals surface area contributed by atoms with Gasteiger partial charge in [-0.05, 0) is 73.9 Å². The van der Waals surface area contributed by atoms with Crippen LogP contribution in [0.3, 0.4) is 0 Å². The number of carboxylic acids is 1. The molecule has 13 heteroatoms. The first-order valence-electron chi connectivity index (χ1n) is 17.3. The molecule has 0 aromatic heterocycles. The Hall–Kier alpha value is -3.42. The van der Waals surface area contributed by atoms with Crippen LogP contribution in [0.15, 0.2) is 42.5 Å². The Labute approximate surface area is 291 Å². The number of halogens is 4. The van der Waals surface area contributed by atoms with E-state index in [1.165, 1.54) is 13.2 Å². The highest BCUT2D eigenvalue weighted by atomic mass is 19.4. The first-order valence-corrected chi connectivity index (χ1v) is 17.3. The normalized spacial score (nSPS) is 27.4. The van der Waals surface area contributed by atoms with Crippen molar-refractivity contribution in [1.29, 1.82) is 0 Å². The summed E-state index contributed by atoms with van der Waals surface area (Å²) in [4.78, 5) is 31.1. The third-order valence-corrected chi connectivity index (χ3v) is 10.9. The molecule has 2 saturated heterocycles. The number of aliphatic carboxylic acids is 1. The van der Waals surface area contributed by atoms with E-state index in [-0.39, 0.29) is 51.2 Å². The molecule has 2 heterocycles. The van der Waals surface area contributed by atoms with Crippen molar-refractivity contribution >= 4 is 17.6 Å². The minimum absolute atomic E-state index is 0.0659. The van der Waals surface area contributed by atoms with Gasteiger partial charge in [-0.15, -0.1) is 0 Å². The average Bonchev–Trinajstić information content (AvgIpc) is 3.69. The van der Waals surface area contributed by atoms with Crippen LogP contribution in [0.2, 0.25) is 0 Å². The quantitative estimate of drug-likeness (QED) is 0.250. The Balaban J connectivity index is 1.46. The fraction of sp³-hybridized carbons (Fsp3) is 0.622. The van der Waals surface area contributed by atoms with Crippen LogP contribution in [0, 0.1) is 0 Å². The predicted molar refractivity (Wildman–Crippen MR) is 181 cm³/mol. The lowest BCUT2D eigenvalue weighted by Crippen LogP contribution is -2.53. The van der Waals surface area contributed by atoms with Crippen LogP contribution in [0.25, 0.3) is 0 Å². The Kier molecular flexibility index (Phi) is 12.0. The molecular formula is C37H49F4N3O6. The summed E-state index contributed by atoms with van der Waals surface area (Å²) >= 11 is 0. The van der Waals surface area contributed by atoms with Gasteiger partial charge in [0, 0.05) is 77.4 Å². The molecule has 1 saturated carbocycles. The van der Waals surface area contributed by atoms with E-state index >= 15 is 4.39 Å². The van der Waals surface area contributed by atoms with Crippen molar-refractivity contribution in [2.24, 2.45) is 0 Å². The molecule has 0 spiro atoms. The van der Waals surface area contributed by atoms with Crippen molar-refractivity contribution in [3.8, 4) is 5.75 Å². The van der Waals surface area contributed by atoms with E-state index in [2.05, 4.69) is 4.90 Å². The zero-order valence-corrected chi connectivity index (χ0v) is 29.3. The third-order valence-electron chi connectivity index (χ3n) is 10.9. The highest BCUT2D eigenvalue weighted by Gasteiger charge is 2.58. The van der Waals surface area contributed by atoms with Crippen molar-refractivity contribution in [3.05, 3.63) is 59.2 Å². The summed E-state index contributed by atoms with van der Waals surface area (Å²) in [5, 5.41) is 9.11. The van der Waals surface area contributed by atoms with Gasteiger partial charge in [-0.3, -0.25) is 14.5 Å². The standard InChI is InChI=1S/C37H49F4N3O6/c1-42(17-5-6-34(45)46)33-19-26(37(39,40)41)9-16-31(33)25-18-28(22-48-2)44(20-25)35(47)36(38)23-43(27-10-14-30(50-4)15-11-27)21-32(36)24-7-12-29(49-3)13-8-24/h7-9,12-13,16,19,25,27-28,30,32H,5-6,10-11,14-15,17-18,20-23H2,1-4H3,(H,45,46)/t25-,27?,28+,30?,32+,36+/m1/s1. The van der Waals surface area contributed by atoms with E-state index in [4.69, 9.17) is 19.3 Å². The molecule has 1 amide bonds. The van der Waals surface area contributed by atoms with Crippen molar-refractivity contribution in [3.63, 3.8) is 0 Å². The van der Waals surface area contributed by atoms with E-state index in [1.54, 1.807) is 43.2 Å². The summed E-state index contributed by atoms with van der Waals surface area (Å²) in [5.41, 5.74) is -1.48. The highest BCUT2D eigenvalue weighted by molar-refractivity contribution is 5.88. The van der Waals surface area contributed by atoms with Crippen LogP contribution in [0.1, 0.15) is 73.5 Å². The summed E-state index contributed by atoms with van der Waals surface area (Å²) in [7, 11) is 6.40. The first kappa shape index (κ1) is 37.8.